The van der Waals surface area contributed by atoms with E-state index in [1.165, 1.54) is 29.2 Å². The summed E-state index contributed by atoms with van der Waals surface area (Å²) in [6.45, 7) is 0.609. The molecule has 0 spiro atoms. The van der Waals surface area contributed by atoms with E-state index in [9.17, 15) is 18.0 Å². The predicted octanol–water partition coefficient (Wildman–Crippen LogP) is 0.0591. The van der Waals surface area contributed by atoms with Gasteiger partial charge in [-0.1, -0.05) is 0 Å². The van der Waals surface area contributed by atoms with Crippen LogP contribution in [0.2, 0.25) is 0 Å². The van der Waals surface area contributed by atoms with E-state index < -0.39 is 10.0 Å². The maximum Gasteiger partial charge on any atom is 0.316 e. The van der Waals surface area contributed by atoms with Gasteiger partial charge in [0.15, 0.2) is 0 Å². The largest absolute Gasteiger partial charge is 0.350 e. The van der Waals surface area contributed by atoms with Gasteiger partial charge in [0, 0.05) is 38.4 Å². The summed E-state index contributed by atoms with van der Waals surface area (Å²) in [5.74, 6) is -0.301. The third-order valence-electron chi connectivity index (χ3n) is 2.54. The minimum Gasteiger partial charge on any atom is -0.350 e. The molecule has 0 bridgehead atoms. The molecule has 0 aliphatic rings. The first-order chi connectivity index (χ1) is 10.2. The van der Waals surface area contributed by atoms with Gasteiger partial charge in [-0.25, -0.2) is 13.2 Å². The fourth-order valence-corrected chi connectivity index (χ4v) is 2.07. The number of urea groups is 1. The molecule has 0 saturated carbocycles. The Labute approximate surface area is 129 Å². The van der Waals surface area contributed by atoms with Crippen LogP contribution in [-0.2, 0) is 10.0 Å². The van der Waals surface area contributed by atoms with Crippen molar-refractivity contribution in [2.45, 2.75) is 0 Å². The first-order valence-electron chi connectivity index (χ1n) is 6.50. The number of hydrogen-bond acceptors (Lipinski definition) is 4. The Bertz CT molecular complexity index is 626. The van der Waals surface area contributed by atoms with E-state index in [1.54, 1.807) is 14.1 Å². The van der Waals surface area contributed by atoms with Crippen LogP contribution in [0.15, 0.2) is 24.3 Å². The lowest BCUT2D eigenvalue weighted by Gasteiger charge is -2.12. The second kappa shape index (κ2) is 7.64. The molecular weight excluding hydrogens is 308 g/mol. The number of carbonyl (C=O) groups is 2. The fraction of sp³-hybridized carbons (Fsp3) is 0.385. The predicted molar refractivity (Wildman–Crippen MR) is 84.3 cm³/mol. The molecular formula is C13H20N4O4S. The normalized spacial score (nSPS) is 10.7. The molecule has 3 amide bonds. The highest BCUT2D eigenvalue weighted by Gasteiger charge is 2.07. The maximum absolute atomic E-state index is 11.8. The number of carbonyl (C=O) groups excluding carboxylic acids is 2. The molecule has 0 heterocycles. The van der Waals surface area contributed by atoms with Crippen LogP contribution in [0.25, 0.3) is 0 Å². The van der Waals surface area contributed by atoms with Crippen LogP contribution in [-0.4, -0.2) is 58.7 Å². The zero-order valence-electron chi connectivity index (χ0n) is 12.7. The highest BCUT2D eigenvalue weighted by atomic mass is 32.2. The minimum atomic E-state index is -3.34. The number of nitrogens with zero attached hydrogens (tertiary/aromatic N) is 1. The molecule has 0 aromatic heterocycles. The Morgan fingerprint density at radius 3 is 2.09 bits per heavy atom. The van der Waals surface area contributed by atoms with Crippen molar-refractivity contribution in [2.24, 2.45) is 0 Å². The molecule has 0 atom stereocenters. The van der Waals surface area contributed by atoms with E-state index in [2.05, 4.69) is 15.4 Å². The SMILES string of the molecule is CN(C)C(=O)NCCNC(=O)c1ccc(NS(C)(=O)=O)cc1. The van der Waals surface area contributed by atoms with Crippen molar-refractivity contribution >= 4 is 27.6 Å². The van der Waals surface area contributed by atoms with Crippen molar-refractivity contribution in [3.63, 3.8) is 0 Å². The molecule has 0 fully saturated rings. The topological polar surface area (TPSA) is 108 Å². The summed E-state index contributed by atoms with van der Waals surface area (Å²) in [6.07, 6.45) is 1.05. The number of hydrogen-bond donors (Lipinski definition) is 3. The lowest BCUT2D eigenvalue weighted by molar-refractivity contribution is 0.0953. The Hall–Kier alpha value is -2.29. The summed E-state index contributed by atoms with van der Waals surface area (Å²) in [7, 11) is -0.0878. The number of amides is 3. The summed E-state index contributed by atoms with van der Waals surface area (Å²) in [6, 6.07) is 5.81. The number of anilines is 1. The zero-order valence-corrected chi connectivity index (χ0v) is 13.5. The number of sulfonamides is 1. The monoisotopic (exact) mass is 328 g/mol. The van der Waals surface area contributed by atoms with Gasteiger partial charge in [0.1, 0.15) is 0 Å². The molecule has 22 heavy (non-hydrogen) atoms. The molecule has 0 radical (unpaired) electrons. The summed E-state index contributed by atoms with van der Waals surface area (Å²) < 4.78 is 24.4. The van der Waals surface area contributed by atoms with Gasteiger partial charge in [0.05, 0.1) is 6.26 Å². The van der Waals surface area contributed by atoms with Gasteiger partial charge in [-0.3, -0.25) is 9.52 Å². The van der Waals surface area contributed by atoms with Crippen molar-refractivity contribution in [3.05, 3.63) is 29.8 Å². The van der Waals surface area contributed by atoms with Gasteiger partial charge in [0.25, 0.3) is 5.91 Å². The highest BCUT2D eigenvalue weighted by molar-refractivity contribution is 7.92. The van der Waals surface area contributed by atoms with Crippen LogP contribution >= 0.6 is 0 Å². The van der Waals surface area contributed by atoms with Crippen molar-refractivity contribution in [1.29, 1.82) is 0 Å². The Morgan fingerprint density at radius 2 is 1.59 bits per heavy atom. The lowest BCUT2D eigenvalue weighted by atomic mass is 10.2. The minimum absolute atomic E-state index is 0.231. The Balaban J connectivity index is 2.44. The molecule has 0 unspecified atom stereocenters. The second-order valence-electron chi connectivity index (χ2n) is 4.83. The first-order valence-corrected chi connectivity index (χ1v) is 8.39. The molecule has 9 heteroatoms. The summed E-state index contributed by atoms with van der Waals surface area (Å²) in [5.41, 5.74) is 0.787. The van der Waals surface area contributed by atoms with Gasteiger partial charge in [-0.05, 0) is 24.3 Å². The third kappa shape index (κ3) is 6.44. The van der Waals surface area contributed by atoms with E-state index in [0.29, 0.717) is 24.3 Å². The van der Waals surface area contributed by atoms with Crippen molar-refractivity contribution in [2.75, 3.05) is 38.2 Å². The average molecular weight is 328 g/mol. The molecule has 122 valence electrons. The van der Waals surface area contributed by atoms with Crippen LogP contribution in [0, 0.1) is 0 Å². The van der Waals surface area contributed by atoms with E-state index >= 15 is 0 Å². The van der Waals surface area contributed by atoms with E-state index in [1.807, 2.05) is 0 Å². The van der Waals surface area contributed by atoms with Crippen LogP contribution in [0.4, 0.5) is 10.5 Å². The number of benzene rings is 1. The van der Waals surface area contributed by atoms with Crippen LogP contribution in [0.5, 0.6) is 0 Å². The Morgan fingerprint density at radius 1 is 1.05 bits per heavy atom. The van der Waals surface area contributed by atoms with Crippen molar-refractivity contribution in [3.8, 4) is 0 Å². The van der Waals surface area contributed by atoms with Gasteiger partial charge >= 0.3 is 6.03 Å². The number of nitrogens with one attached hydrogen (secondary N) is 3. The molecule has 0 aliphatic heterocycles. The summed E-state index contributed by atoms with van der Waals surface area (Å²) in [4.78, 5) is 24.5. The number of rotatable bonds is 6. The van der Waals surface area contributed by atoms with Crippen LogP contribution in [0.3, 0.4) is 0 Å². The smallest absolute Gasteiger partial charge is 0.316 e. The van der Waals surface area contributed by atoms with E-state index in [4.69, 9.17) is 0 Å². The standard InChI is InChI=1S/C13H20N4O4S/c1-17(2)13(19)15-9-8-14-12(18)10-4-6-11(7-5-10)16-22(3,20)21/h4-7,16H,8-9H2,1-3H3,(H,14,18)(H,15,19). The lowest BCUT2D eigenvalue weighted by Crippen LogP contribution is -2.39. The zero-order chi connectivity index (χ0) is 16.8. The van der Waals surface area contributed by atoms with Gasteiger partial charge < -0.3 is 15.5 Å². The molecule has 1 aromatic rings. The third-order valence-corrected chi connectivity index (χ3v) is 3.15. The molecule has 0 aliphatic carbocycles. The Kier molecular flexibility index (Phi) is 6.17. The molecule has 0 saturated heterocycles. The van der Waals surface area contributed by atoms with Gasteiger partial charge in [0.2, 0.25) is 10.0 Å². The first kappa shape index (κ1) is 17.8. The fourth-order valence-electron chi connectivity index (χ4n) is 1.51. The van der Waals surface area contributed by atoms with Gasteiger partial charge in [-0.15, -0.1) is 0 Å². The maximum atomic E-state index is 11.8. The molecule has 1 aromatic carbocycles. The highest BCUT2D eigenvalue weighted by Crippen LogP contribution is 2.10. The van der Waals surface area contributed by atoms with E-state index in [0.717, 1.165) is 6.26 Å². The van der Waals surface area contributed by atoms with Crippen LogP contribution < -0.4 is 15.4 Å². The van der Waals surface area contributed by atoms with E-state index in [-0.39, 0.29) is 11.9 Å². The van der Waals surface area contributed by atoms with Crippen molar-refractivity contribution in [1.82, 2.24) is 15.5 Å². The molecule has 3 N–H and O–H groups in total. The van der Waals surface area contributed by atoms with Gasteiger partial charge in [-0.2, -0.15) is 0 Å². The summed E-state index contributed by atoms with van der Waals surface area (Å²) in [5, 5.41) is 5.27. The molecule has 1 rings (SSSR count). The average Bonchev–Trinajstić information content (AvgIpc) is 2.42. The van der Waals surface area contributed by atoms with Crippen molar-refractivity contribution < 1.29 is 18.0 Å². The quantitative estimate of drug-likeness (QED) is 0.642. The molecule has 8 nitrogen and oxygen atoms in total. The second-order valence-corrected chi connectivity index (χ2v) is 6.58. The summed E-state index contributed by atoms with van der Waals surface area (Å²) >= 11 is 0. The van der Waals surface area contributed by atoms with Crippen LogP contribution in [0.1, 0.15) is 10.4 Å².